The molecule has 1 aromatic rings. The fourth-order valence-electron chi connectivity index (χ4n) is 11.9. The van der Waals surface area contributed by atoms with Gasteiger partial charge in [-0.3, -0.25) is 4.99 Å². The van der Waals surface area contributed by atoms with Crippen molar-refractivity contribution in [1.29, 1.82) is 0 Å². The Hall–Kier alpha value is -2.09. The average molecular weight is 662 g/mol. The molecule has 5 saturated carbocycles. The highest BCUT2D eigenvalue weighted by molar-refractivity contribution is 5.77. The second-order valence-corrected chi connectivity index (χ2v) is 18.0. The molecule has 1 aromatic carbocycles. The summed E-state index contributed by atoms with van der Waals surface area (Å²) in [5.41, 5.74) is 8.74. The Morgan fingerprint density at radius 2 is 1.92 bits per heavy atom. The summed E-state index contributed by atoms with van der Waals surface area (Å²) in [6, 6.07) is 7.38. The van der Waals surface area contributed by atoms with E-state index in [1.807, 2.05) is 12.1 Å². The Bertz CT molecular complexity index is 1370. The third kappa shape index (κ3) is 6.94. The number of hydrogen-bond donors (Lipinski definition) is 5. The Balaban J connectivity index is 0.922. The van der Waals surface area contributed by atoms with Gasteiger partial charge in [-0.15, -0.1) is 0 Å². The SMILES string of the molecule is C=C1CC2(CCC(CCC3(O)CCCC(O)C3)C2)C2OC2(C)CCC2C1CC2(C)C1CCC(CN=C(N)NCCc2cccc(O)c2)C1. The van der Waals surface area contributed by atoms with E-state index in [-0.39, 0.29) is 17.1 Å². The van der Waals surface area contributed by atoms with E-state index in [1.165, 1.54) is 56.9 Å². The maximum atomic E-state index is 11.2. The Morgan fingerprint density at radius 3 is 2.73 bits per heavy atom. The van der Waals surface area contributed by atoms with Crippen molar-refractivity contribution in [3.8, 4) is 5.75 Å². The molecule has 6 aliphatic rings. The van der Waals surface area contributed by atoms with Crippen LogP contribution in [0.15, 0.2) is 41.4 Å². The number of fused-ring (bicyclic) bond motifs is 3. The number of nitrogens with two attached hydrogens (primary N) is 1. The van der Waals surface area contributed by atoms with E-state index in [2.05, 4.69) is 19.2 Å². The number of nitrogens with one attached hydrogen (secondary N) is 1. The predicted octanol–water partition coefficient (Wildman–Crippen LogP) is 7.03. The molecule has 6 fully saturated rings. The predicted molar refractivity (Wildman–Crippen MR) is 192 cm³/mol. The van der Waals surface area contributed by atoms with Crippen molar-refractivity contribution in [2.75, 3.05) is 13.1 Å². The van der Waals surface area contributed by atoms with Crippen LogP contribution in [-0.2, 0) is 11.2 Å². The quantitative estimate of drug-likeness (QED) is 0.0838. The van der Waals surface area contributed by atoms with Gasteiger partial charge in [0.1, 0.15) is 5.75 Å². The molecule has 7 nitrogen and oxygen atoms in total. The van der Waals surface area contributed by atoms with Crippen LogP contribution in [0.4, 0.5) is 0 Å². The van der Waals surface area contributed by atoms with E-state index in [9.17, 15) is 15.3 Å². The molecule has 7 rings (SSSR count). The zero-order chi connectivity index (χ0) is 33.7. The molecule has 48 heavy (non-hydrogen) atoms. The highest BCUT2D eigenvalue weighted by Crippen LogP contribution is 2.69. The number of phenols is 1. The van der Waals surface area contributed by atoms with Crippen LogP contribution in [-0.4, -0.2) is 57.8 Å². The number of allylic oxidation sites excluding steroid dienone is 1. The molecular weight excluding hydrogens is 598 g/mol. The zero-order valence-electron chi connectivity index (χ0n) is 29.8. The smallest absolute Gasteiger partial charge is 0.188 e. The second-order valence-electron chi connectivity index (χ2n) is 18.0. The first-order chi connectivity index (χ1) is 22.9. The number of aliphatic hydroxyl groups excluding tert-OH is 1. The van der Waals surface area contributed by atoms with E-state index in [1.54, 1.807) is 12.1 Å². The number of phenolic OH excluding ortho intramolecular Hbond substituents is 1. The van der Waals surface area contributed by atoms with E-state index >= 15 is 0 Å². The summed E-state index contributed by atoms with van der Waals surface area (Å²) in [5.74, 6) is 4.14. The summed E-state index contributed by atoms with van der Waals surface area (Å²) in [6.45, 7) is 11.3. The van der Waals surface area contributed by atoms with Gasteiger partial charge in [0.2, 0.25) is 0 Å². The van der Waals surface area contributed by atoms with Crippen LogP contribution in [0, 0.1) is 40.4 Å². The van der Waals surface area contributed by atoms with Crippen LogP contribution in [0.5, 0.6) is 5.75 Å². The number of epoxide rings is 1. The Kier molecular flexibility index (Phi) is 9.47. The number of aliphatic hydroxyl groups is 2. The van der Waals surface area contributed by atoms with Gasteiger partial charge in [0.15, 0.2) is 5.96 Å². The largest absolute Gasteiger partial charge is 0.508 e. The molecule has 1 heterocycles. The molecule has 7 heteroatoms. The summed E-state index contributed by atoms with van der Waals surface area (Å²) in [5, 5.41) is 34.4. The van der Waals surface area contributed by atoms with Gasteiger partial charge in [-0.25, -0.2) is 0 Å². The first-order valence-electron chi connectivity index (χ1n) is 19.5. The first-order valence-corrected chi connectivity index (χ1v) is 19.5. The summed E-state index contributed by atoms with van der Waals surface area (Å²) >= 11 is 0. The lowest BCUT2D eigenvalue weighted by Gasteiger charge is -2.58. The van der Waals surface area contributed by atoms with Crippen LogP contribution in [0.1, 0.15) is 122 Å². The lowest BCUT2D eigenvalue weighted by molar-refractivity contribution is -0.0693. The van der Waals surface area contributed by atoms with E-state index in [4.69, 9.17) is 22.0 Å². The van der Waals surface area contributed by atoms with Gasteiger partial charge in [-0.2, -0.15) is 0 Å². The van der Waals surface area contributed by atoms with E-state index in [0.29, 0.717) is 59.9 Å². The maximum absolute atomic E-state index is 11.2. The van der Waals surface area contributed by atoms with Gasteiger partial charge in [-0.05, 0) is 162 Å². The normalized spacial score (nSPS) is 44.3. The van der Waals surface area contributed by atoms with Crippen molar-refractivity contribution in [3.05, 3.63) is 42.0 Å². The number of benzene rings is 1. The van der Waals surface area contributed by atoms with Crippen molar-refractivity contribution < 1.29 is 20.1 Å². The highest BCUT2D eigenvalue weighted by atomic mass is 16.6. The molecule has 0 aromatic heterocycles. The van der Waals surface area contributed by atoms with Crippen LogP contribution >= 0.6 is 0 Å². The van der Waals surface area contributed by atoms with Crippen LogP contribution < -0.4 is 11.1 Å². The highest BCUT2D eigenvalue weighted by Gasteiger charge is 2.67. The van der Waals surface area contributed by atoms with Crippen molar-refractivity contribution in [2.24, 2.45) is 51.1 Å². The third-order valence-corrected chi connectivity index (χ3v) is 14.7. The van der Waals surface area contributed by atoms with Crippen molar-refractivity contribution in [1.82, 2.24) is 5.32 Å². The van der Waals surface area contributed by atoms with Gasteiger partial charge in [0.05, 0.1) is 23.4 Å². The van der Waals surface area contributed by atoms with Gasteiger partial charge in [-0.1, -0.05) is 31.2 Å². The lowest BCUT2D eigenvalue weighted by atomic mass is 9.46. The lowest BCUT2D eigenvalue weighted by Crippen LogP contribution is -2.51. The van der Waals surface area contributed by atoms with Gasteiger partial charge >= 0.3 is 0 Å². The third-order valence-electron chi connectivity index (χ3n) is 14.7. The number of aromatic hydroxyl groups is 1. The minimum Gasteiger partial charge on any atom is -0.508 e. The maximum Gasteiger partial charge on any atom is 0.188 e. The van der Waals surface area contributed by atoms with Gasteiger partial charge in [0.25, 0.3) is 0 Å². The summed E-state index contributed by atoms with van der Waals surface area (Å²) in [7, 11) is 0. The monoisotopic (exact) mass is 661 g/mol. The fraction of sp³-hybridized carbons (Fsp3) is 0.780. The molecule has 6 N–H and O–H groups in total. The standard InChI is InChI=1S/C41H63N3O4/c1-27-22-40(17-11-29(23-40)12-18-41(47)15-5-8-33(46)24-41)36-39(3,48-36)16-13-35-34(27)25-38(35,2)31-10-9-30(20-31)26-44-37(42)43-19-14-28-6-4-7-32(45)21-28/h4,6-7,21,29-31,33-36,45-47H,1,5,8-20,22-26H2,2-3H3,(H3,42,43,44). The first kappa shape index (κ1) is 34.4. The molecule has 1 spiro atoms. The van der Waals surface area contributed by atoms with Crippen molar-refractivity contribution in [3.63, 3.8) is 0 Å². The van der Waals surface area contributed by atoms with E-state index < -0.39 is 5.60 Å². The zero-order valence-corrected chi connectivity index (χ0v) is 29.8. The number of hydrogen-bond acceptors (Lipinski definition) is 5. The van der Waals surface area contributed by atoms with Crippen molar-refractivity contribution >= 4 is 5.96 Å². The molecule has 0 radical (unpaired) electrons. The molecule has 5 aliphatic carbocycles. The number of guanidine groups is 1. The van der Waals surface area contributed by atoms with Gasteiger partial charge < -0.3 is 31.1 Å². The molecule has 11 unspecified atom stereocenters. The molecule has 0 bridgehead atoms. The van der Waals surface area contributed by atoms with Crippen LogP contribution in [0.25, 0.3) is 0 Å². The van der Waals surface area contributed by atoms with Crippen molar-refractivity contribution in [2.45, 2.75) is 146 Å². The van der Waals surface area contributed by atoms with E-state index in [0.717, 1.165) is 69.4 Å². The number of nitrogens with zero attached hydrogens (tertiary/aromatic N) is 1. The molecule has 11 atom stereocenters. The van der Waals surface area contributed by atoms with Gasteiger partial charge in [0, 0.05) is 24.9 Å². The molecule has 266 valence electrons. The average Bonchev–Trinajstić information content (AvgIpc) is 3.34. The minimum atomic E-state index is -0.673. The van der Waals surface area contributed by atoms with Crippen LogP contribution in [0.3, 0.4) is 0 Å². The number of rotatable bonds is 9. The molecule has 1 aliphatic heterocycles. The van der Waals surface area contributed by atoms with Crippen LogP contribution in [0.2, 0.25) is 0 Å². The fourth-order valence-corrected chi connectivity index (χ4v) is 11.9. The summed E-state index contributed by atoms with van der Waals surface area (Å²) < 4.78 is 6.71. The Morgan fingerprint density at radius 1 is 1.06 bits per heavy atom. The second kappa shape index (κ2) is 13.2. The summed E-state index contributed by atoms with van der Waals surface area (Å²) in [6.07, 6.45) is 18.1. The Labute approximate surface area is 289 Å². The number of aliphatic imine (C=N–C) groups is 1. The number of ether oxygens (including phenoxy) is 1. The summed E-state index contributed by atoms with van der Waals surface area (Å²) in [4.78, 5) is 4.74. The topological polar surface area (TPSA) is 124 Å². The minimum absolute atomic E-state index is 0.00455. The molecule has 0 amide bonds. The molecular formula is C41H63N3O4. The molecule has 1 saturated heterocycles.